The van der Waals surface area contributed by atoms with Crippen molar-refractivity contribution in [2.45, 2.75) is 0 Å². The maximum absolute atomic E-state index is 11.6. The quantitative estimate of drug-likeness (QED) is 0.568. The van der Waals surface area contributed by atoms with E-state index in [0.29, 0.717) is 5.69 Å². The van der Waals surface area contributed by atoms with Crippen molar-refractivity contribution in [2.24, 2.45) is 0 Å². The average Bonchev–Trinajstić information content (AvgIpc) is 2.62. The van der Waals surface area contributed by atoms with Gasteiger partial charge in [0.15, 0.2) is 0 Å². The van der Waals surface area contributed by atoms with Crippen molar-refractivity contribution in [3.05, 3.63) is 71.3 Å². The molecule has 0 aliphatic heterocycles. The standard InChI is InChI=1S/C16H14N6O2/c1-21(13-5-3-2-4-6-13)16-14(22(23)24)15(18-11-19-16)20-12-7-9-17-10-8-12/h2-11H,1H3,(H,17,18,19,20). The Morgan fingerprint density at radius 1 is 1.08 bits per heavy atom. The topological polar surface area (TPSA) is 97.1 Å². The van der Waals surface area contributed by atoms with Crippen LogP contribution in [0.1, 0.15) is 0 Å². The van der Waals surface area contributed by atoms with Crippen molar-refractivity contribution in [3.8, 4) is 0 Å². The lowest BCUT2D eigenvalue weighted by Gasteiger charge is -2.18. The molecule has 2 aromatic heterocycles. The molecule has 3 aromatic rings. The van der Waals surface area contributed by atoms with Gasteiger partial charge in [-0.1, -0.05) is 18.2 Å². The molecular formula is C16H14N6O2. The highest BCUT2D eigenvalue weighted by Crippen LogP contribution is 2.35. The highest BCUT2D eigenvalue weighted by atomic mass is 16.6. The summed E-state index contributed by atoms with van der Waals surface area (Å²) in [5.74, 6) is 0.330. The van der Waals surface area contributed by atoms with Crippen LogP contribution in [0.3, 0.4) is 0 Å². The first-order valence-electron chi connectivity index (χ1n) is 7.12. The van der Waals surface area contributed by atoms with E-state index >= 15 is 0 Å². The molecular weight excluding hydrogens is 308 g/mol. The third kappa shape index (κ3) is 3.12. The van der Waals surface area contributed by atoms with Crippen LogP contribution in [0.2, 0.25) is 0 Å². The fourth-order valence-electron chi connectivity index (χ4n) is 2.22. The SMILES string of the molecule is CN(c1ccccc1)c1ncnc(Nc2ccncc2)c1[N+](=O)[O-]. The van der Waals surface area contributed by atoms with Crippen molar-refractivity contribution >= 4 is 28.7 Å². The highest BCUT2D eigenvalue weighted by Gasteiger charge is 2.26. The van der Waals surface area contributed by atoms with E-state index in [1.54, 1.807) is 36.5 Å². The predicted molar refractivity (Wildman–Crippen MR) is 90.7 cm³/mol. The van der Waals surface area contributed by atoms with Gasteiger partial charge in [0.1, 0.15) is 6.33 Å². The van der Waals surface area contributed by atoms with Gasteiger partial charge in [-0.15, -0.1) is 0 Å². The van der Waals surface area contributed by atoms with Crippen LogP contribution in [0, 0.1) is 10.1 Å². The number of para-hydroxylation sites is 1. The summed E-state index contributed by atoms with van der Waals surface area (Å²) in [6, 6.07) is 12.7. The molecule has 24 heavy (non-hydrogen) atoms. The van der Waals surface area contributed by atoms with Gasteiger partial charge in [-0.05, 0) is 24.3 Å². The predicted octanol–water partition coefficient (Wildman–Crippen LogP) is 3.29. The number of rotatable bonds is 5. The molecule has 8 heteroatoms. The Hall–Kier alpha value is -3.55. The highest BCUT2D eigenvalue weighted by molar-refractivity contribution is 5.77. The fourth-order valence-corrected chi connectivity index (χ4v) is 2.22. The Morgan fingerprint density at radius 2 is 1.79 bits per heavy atom. The molecule has 0 amide bonds. The Morgan fingerprint density at radius 3 is 2.46 bits per heavy atom. The number of aromatic nitrogens is 3. The van der Waals surface area contributed by atoms with Gasteiger partial charge in [-0.3, -0.25) is 15.1 Å². The third-order valence-electron chi connectivity index (χ3n) is 3.39. The zero-order valence-corrected chi connectivity index (χ0v) is 12.8. The maximum Gasteiger partial charge on any atom is 0.354 e. The van der Waals surface area contributed by atoms with Gasteiger partial charge in [0, 0.05) is 30.8 Å². The molecule has 1 aromatic carbocycles. The zero-order chi connectivity index (χ0) is 16.9. The third-order valence-corrected chi connectivity index (χ3v) is 3.39. The maximum atomic E-state index is 11.6. The van der Waals surface area contributed by atoms with Gasteiger partial charge in [0.25, 0.3) is 0 Å². The number of hydrogen-bond acceptors (Lipinski definition) is 7. The molecule has 0 aliphatic carbocycles. The van der Waals surface area contributed by atoms with E-state index in [2.05, 4.69) is 20.3 Å². The number of nitrogens with zero attached hydrogens (tertiary/aromatic N) is 5. The minimum Gasteiger partial charge on any atom is -0.334 e. The summed E-state index contributed by atoms with van der Waals surface area (Å²) in [6.45, 7) is 0. The van der Waals surface area contributed by atoms with Gasteiger partial charge >= 0.3 is 5.69 Å². The second kappa shape index (κ2) is 6.69. The molecule has 0 unspecified atom stereocenters. The lowest BCUT2D eigenvalue weighted by Crippen LogP contribution is -2.15. The lowest BCUT2D eigenvalue weighted by atomic mass is 10.3. The first-order chi connectivity index (χ1) is 11.7. The monoisotopic (exact) mass is 322 g/mol. The van der Waals surface area contributed by atoms with E-state index < -0.39 is 4.92 Å². The van der Waals surface area contributed by atoms with E-state index in [4.69, 9.17) is 0 Å². The van der Waals surface area contributed by atoms with Gasteiger partial charge < -0.3 is 10.2 Å². The molecule has 3 rings (SSSR count). The molecule has 0 bridgehead atoms. The van der Waals surface area contributed by atoms with E-state index in [1.807, 2.05) is 30.3 Å². The summed E-state index contributed by atoms with van der Waals surface area (Å²) in [7, 11) is 1.72. The number of hydrogen-bond donors (Lipinski definition) is 1. The molecule has 0 spiro atoms. The first-order valence-corrected chi connectivity index (χ1v) is 7.12. The van der Waals surface area contributed by atoms with Crippen LogP contribution in [0.15, 0.2) is 61.2 Å². The smallest absolute Gasteiger partial charge is 0.334 e. The van der Waals surface area contributed by atoms with Gasteiger partial charge in [-0.2, -0.15) is 0 Å². The lowest BCUT2D eigenvalue weighted by molar-refractivity contribution is -0.383. The van der Waals surface area contributed by atoms with Crippen molar-refractivity contribution in [2.75, 3.05) is 17.3 Å². The molecule has 120 valence electrons. The summed E-state index contributed by atoms with van der Waals surface area (Å²) < 4.78 is 0. The van der Waals surface area contributed by atoms with E-state index in [1.165, 1.54) is 6.33 Å². The minimum atomic E-state index is -0.488. The molecule has 0 radical (unpaired) electrons. The number of nitro groups is 1. The molecule has 0 fully saturated rings. The van der Waals surface area contributed by atoms with Crippen LogP contribution >= 0.6 is 0 Å². The van der Waals surface area contributed by atoms with Gasteiger partial charge in [-0.25, -0.2) is 9.97 Å². The van der Waals surface area contributed by atoms with E-state index in [0.717, 1.165) is 5.69 Å². The molecule has 1 N–H and O–H groups in total. The average molecular weight is 322 g/mol. The number of nitrogens with one attached hydrogen (secondary N) is 1. The molecule has 2 heterocycles. The van der Waals surface area contributed by atoms with E-state index in [9.17, 15) is 10.1 Å². The van der Waals surface area contributed by atoms with Crippen LogP contribution in [0.25, 0.3) is 0 Å². The molecule has 0 aliphatic rings. The number of pyridine rings is 1. The normalized spacial score (nSPS) is 10.2. The molecule has 0 saturated heterocycles. The van der Waals surface area contributed by atoms with Crippen LogP contribution in [-0.4, -0.2) is 26.9 Å². The largest absolute Gasteiger partial charge is 0.354 e. The van der Waals surface area contributed by atoms with Crippen molar-refractivity contribution < 1.29 is 4.92 Å². The Bertz CT molecular complexity index is 842. The second-order valence-electron chi connectivity index (χ2n) is 4.91. The van der Waals surface area contributed by atoms with Crippen LogP contribution in [-0.2, 0) is 0 Å². The van der Waals surface area contributed by atoms with Crippen molar-refractivity contribution in [3.63, 3.8) is 0 Å². The first kappa shape index (κ1) is 15.3. The van der Waals surface area contributed by atoms with E-state index in [-0.39, 0.29) is 17.3 Å². The molecule has 8 nitrogen and oxygen atoms in total. The molecule has 0 saturated carbocycles. The second-order valence-corrected chi connectivity index (χ2v) is 4.91. The number of benzene rings is 1. The van der Waals surface area contributed by atoms with Gasteiger partial charge in [0.2, 0.25) is 11.6 Å². The zero-order valence-electron chi connectivity index (χ0n) is 12.8. The summed E-state index contributed by atoms with van der Waals surface area (Å²) >= 11 is 0. The Balaban J connectivity index is 2.04. The van der Waals surface area contributed by atoms with Gasteiger partial charge in [0.05, 0.1) is 4.92 Å². The van der Waals surface area contributed by atoms with Crippen LogP contribution < -0.4 is 10.2 Å². The summed E-state index contributed by atoms with van der Waals surface area (Å²) in [5, 5.41) is 14.6. The summed E-state index contributed by atoms with van der Waals surface area (Å²) in [4.78, 5) is 24.8. The van der Waals surface area contributed by atoms with Crippen molar-refractivity contribution in [1.82, 2.24) is 15.0 Å². The molecule has 0 atom stereocenters. The van der Waals surface area contributed by atoms with Crippen molar-refractivity contribution in [1.29, 1.82) is 0 Å². The fraction of sp³-hybridized carbons (Fsp3) is 0.0625. The summed E-state index contributed by atoms with van der Waals surface area (Å²) in [6.07, 6.45) is 4.48. The summed E-state index contributed by atoms with van der Waals surface area (Å²) in [5.41, 5.74) is 1.25. The Kier molecular flexibility index (Phi) is 4.28. The number of anilines is 4. The Labute approximate surface area is 138 Å². The van der Waals surface area contributed by atoms with Crippen LogP contribution in [0.5, 0.6) is 0 Å². The minimum absolute atomic E-state index is 0.124. The van der Waals surface area contributed by atoms with Crippen LogP contribution in [0.4, 0.5) is 28.7 Å².